The Morgan fingerprint density at radius 2 is 2.10 bits per heavy atom. The molecule has 6 heteroatoms. The zero-order chi connectivity index (χ0) is 15.4. The molecule has 2 rings (SSSR count). The van der Waals surface area contributed by atoms with Crippen molar-refractivity contribution in [1.29, 1.82) is 0 Å². The van der Waals surface area contributed by atoms with Gasteiger partial charge in [0.15, 0.2) is 0 Å². The predicted octanol–water partition coefficient (Wildman–Crippen LogP) is 3.14. The number of carboxylic acid groups (broad SMARTS) is 1. The highest BCUT2D eigenvalue weighted by Gasteiger charge is 2.34. The highest BCUT2D eigenvalue weighted by atomic mass is 35.5. The van der Waals surface area contributed by atoms with Gasteiger partial charge in [-0.05, 0) is 25.0 Å². The first-order valence-electron chi connectivity index (χ1n) is 6.88. The normalized spacial score (nSPS) is 15.5. The predicted molar refractivity (Wildman–Crippen MR) is 83.7 cm³/mol. The molecule has 1 unspecified atom stereocenters. The average molecular weight is 328 g/mol. The Kier molecular flexibility index (Phi) is 5.53. The smallest absolute Gasteiger partial charge is 0.308 e. The highest BCUT2D eigenvalue weighted by molar-refractivity contribution is 8.00. The van der Waals surface area contributed by atoms with Crippen molar-refractivity contribution in [3.05, 3.63) is 29.3 Å². The van der Waals surface area contributed by atoms with Crippen LogP contribution >= 0.6 is 23.4 Å². The number of benzene rings is 1. The molecule has 1 aliphatic rings. The molecular weight excluding hydrogens is 310 g/mol. The maximum Gasteiger partial charge on any atom is 0.308 e. The van der Waals surface area contributed by atoms with Crippen molar-refractivity contribution in [2.45, 2.75) is 30.7 Å². The van der Waals surface area contributed by atoms with Crippen LogP contribution < -0.4 is 0 Å². The molecule has 0 spiro atoms. The topological polar surface area (TPSA) is 57.6 Å². The van der Waals surface area contributed by atoms with Gasteiger partial charge < -0.3 is 10.0 Å². The molecule has 1 atom stereocenters. The molecule has 1 aromatic carbocycles. The van der Waals surface area contributed by atoms with Crippen LogP contribution in [-0.4, -0.2) is 40.2 Å². The van der Waals surface area contributed by atoms with Gasteiger partial charge in [0.25, 0.3) is 0 Å². The molecule has 1 aliphatic carbocycles. The number of hydrogen-bond acceptors (Lipinski definition) is 3. The van der Waals surface area contributed by atoms with Gasteiger partial charge in [0, 0.05) is 17.5 Å². The van der Waals surface area contributed by atoms with Crippen LogP contribution in [0.15, 0.2) is 29.2 Å². The minimum Gasteiger partial charge on any atom is -0.481 e. The maximum atomic E-state index is 12.3. The standard InChI is InChI=1S/C15H18ClNO3S/c1-10(15(19)20)8-17(11-6-7-11)14(18)9-21-13-5-3-2-4-12(13)16/h2-5,10-11H,6-9H2,1H3,(H,19,20). The Labute approximate surface area is 133 Å². The Hall–Kier alpha value is -1.20. The molecule has 114 valence electrons. The van der Waals surface area contributed by atoms with Gasteiger partial charge in [0.05, 0.1) is 16.7 Å². The molecule has 4 nitrogen and oxygen atoms in total. The van der Waals surface area contributed by atoms with Gasteiger partial charge in [0.1, 0.15) is 0 Å². The fourth-order valence-corrected chi connectivity index (χ4v) is 3.12. The van der Waals surface area contributed by atoms with Crippen molar-refractivity contribution >= 4 is 35.2 Å². The molecule has 0 aromatic heterocycles. The summed E-state index contributed by atoms with van der Waals surface area (Å²) in [6.45, 7) is 1.91. The first-order chi connectivity index (χ1) is 9.99. The summed E-state index contributed by atoms with van der Waals surface area (Å²) in [4.78, 5) is 25.9. The summed E-state index contributed by atoms with van der Waals surface area (Å²) < 4.78 is 0. The van der Waals surface area contributed by atoms with Crippen molar-refractivity contribution in [2.75, 3.05) is 12.3 Å². The van der Waals surface area contributed by atoms with Crippen molar-refractivity contribution < 1.29 is 14.7 Å². The number of aliphatic carboxylic acids is 1. The molecule has 1 fully saturated rings. The van der Waals surface area contributed by atoms with E-state index in [9.17, 15) is 9.59 Å². The second-order valence-electron chi connectivity index (χ2n) is 5.24. The monoisotopic (exact) mass is 327 g/mol. The number of rotatable bonds is 7. The molecule has 1 saturated carbocycles. The lowest BCUT2D eigenvalue weighted by atomic mass is 10.1. The van der Waals surface area contributed by atoms with Crippen LogP contribution in [0.3, 0.4) is 0 Å². The van der Waals surface area contributed by atoms with Crippen LogP contribution in [0.1, 0.15) is 19.8 Å². The quantitative estimate of drug-likeness (QED) is 0.782. The summed E-state index contributed by atoms with van der Waals surface area (Å²) in [5, 5.41) is 9.63. The number of halogens is 1. The van der Waals surface area contributed by atoms with Crippen molar-refractivity contribution in [3.63, 3.8) is 0 Å². The largest absolute Gasteiger partial charge is 0.481 e. The van der Waals surface area contributed by atoms with Crippen LogP contribution in [0.25, 0.3) is 0 Å². The average Bonchev–Trinajstić information content (AvgIpc) is 3.27. The summed E-state index contributed by atoms with van der Waals surface area (Å²) in [5.74, 6) is -1.14. The van der Waals surface area contributed by atoms with E-state index < -0.39 is 11.9 Å². The van der Waals surface area contributed by atoms with E-state index in [1.165, 1.54) is 11.8 Å². The van der Waals surface area contributed by atoms with E-state index in [0.29, 0.717) is 5.02 Å². The Bertz CT molecular complexity index is 533. The van der Waals surface area contributed by atoms with Gasteiger partial charge in [-0.1, -0.05) is 30.7 Å². The molecule has 0 radical (unpaired) electrons. The minimum atomic E-state index is -0.868. The molecule has 1 aromatic rings. The summed E-state index contributed by atoms with van der Waals surface area (Å²) in [6, 6.07) is 7.61. The number of thioether (sulfide) groups is 1. The van der Waals surface area contributed by atoms with Crippen LogP contribution in [0.4, 0.5) is 0 Å². The van der Waals surface area contributed by atoms with E-state index in [0.717, 1.165) is 17.7 Å². The fourth-order valence-electron chi connectivity index (χ4n) is 2.00. The van der Waals surface area contributed by atoms with Gasteiger partial charge in [-0.25, -0.2) is 0 Å². The third kappa shape index (κ3) is 4.64. The van der Waals surface area contributed by atoms with Crippen molar-refractivity contribution in [2.24, 2.45) is 5.92 Å². The van der Waals surface area contributed by atoms with Crippen molar-refractivity contribution in [3.8, 4) is 0 Å². The summed E-state index contributed by atoms with van der Waals surface area (Å²) >= 11 is 7.46. The lowest BCUT2D eigenvalue weighted by molar-refractivity contribution is -0.142. The molecule has 0 heterocycles. The van der Waals surface area contributed by atoms with E-state index in [-0.39, 0.29) is 24.2 Å². The third-order valence-electron chi connectivity index (χ3n) is 3.39. The summed E-state index contributed by atoms with van der Waals surface area (Å²) in [5.41, 5.74) is 0. The lowest BCUT2D eigenvalue weighted by Gasteiger charge is -2.24. The number of carbonyl (C=O) groups excluding carboxylic acids is 1. The van der Waals surface area contributed by atoms with E-state index in [2.05, 4.69) is 0 Å². The van der Waals surface area contributed by atoms with Gasteiger partial charge in [0.2, 0.25) is 5.91 Å². The van der Waals surface area contributed by atoms with Crippen LogP contribution in [-0.2, 0) is 9.59 Å². The number of carboxylic acids is 1. The van der Waals surface area contributed by atoms with Crippen LogP contribution in [0.5, 0.6) is 0 Å². The zero-order valence-electron chi connectivity index (χ0n) is 11.8. The maximum absolute atomic E-state index is 12.3. The number of carbonyl (C=O) groups is 2. The first kappa shape index (κ1) is 16.2. The van der Waals surface area contributed by atoms with Crippen molar-refractivity contribution in [1.82, 2.24) is 4.90 Å². The molecule has 21 heavy (non-hydrogen) atoms. The highest BCUT2D eigenvalue weighted by Crippen LogP contribution is 2.30. The summed E-state index contributed by atoms with van der Waals surface area (Å²) in [6.07, 6.45) is 1.93. The van der Waals surface area contributed by atoms with Gasteiger partial charge in [-0.2, -0.15) is 0 Å². The number of nitrogens with zero attached hydrogens (tertiary/aromatic N) is 1. The lowest BCUT2D eigenvalue weighted by Crippen LogP contribution is -2.39. The Morgan fingerprint density at radius 3 is 2.67 bits per heavy atom. The van der Waals surface area contributed by atoms with Crippen LogP contribution in [0.2, 0.25) is 5.02 Å². The van der Waals surface area contributed by atoms with E-state index in [1.54, 1.807) is 17.9 Å². The molecule has 1 N–H and O–H groups in total. The zero-order valence-corrected chi connectivity index (χ0v) is 13.4. The Balaban J connectivity index is 1.93. The summed E-state index contributed by atoms with van der Waals surface area (Å²) in [7, 11) is 0. The van der Waals surface area contributed by atoms with E-state index in [4.69, 9.17) is 16.7 Å². The molecular formula is C15H18ClNO3S. The fraction of sp³-hybridized carbons (Fsp3) is 0.467. The Morgan fingerprint density at radius 1 is 1.43 bits per heavy atom. The molecule has 0 saturated heterocycles. The van der Waals surface area contributed by atoms with Gasteiger partial charge in [-0.15, -0.1) is 11.8 Å². The first-order valence-corrected chi connectivity index (χ1v) is 8.25. The van der Waals surface area contributed by atoms with E-state index in [1.807, 2.05) is 18.2 Å². The number of hydrogen-bond donors (Lipinski definition) is 1. The van der Waals surface area contributed by atoms with Gasteiger partial charge >= 0.3 is 5.97 Å². The second kappa shape index (κ2) is 7.18. The molecule has 0 bridgehead atoms. The van der Waals surface area contributed by atoms with Gasteiger partial charge in [-0.3, -0.25) is 9.59 Å². The minimum absolute atomic E-state index is 0.0180. The molecule has 1 amide bonds. The molecule has 0 aliphatic heterocycles. The SMILES string of the molecule is CC(CN(C(=O)CSc1ccccc1Cl)C1CC1)C(=O)O. The van der Waals surface area contributed by atoms with E-state index >= 15 is 0 Å². The van der Waals surface area contributed by atoms with Crippen LogP contribution in [0, 0.1) is 5.92 Å². The number of amides is 1. The second-order valence-corrected chi connectivity index (χ2v) is 6.66. The third-order valence-corrected chi connectivity index (χ3v) is 4.89.